The van der Waals surface area contributed by atoms with Crippen molar-refractivity contribution < 1.29 is 8.42 Å². The molecule has 32 heavy (non-hydrogen) atoms. The number of aromatic nitrogens is 1. The summed E-state index contributed by atoms with van der Waals surface area (Å²) in [5.74, 6) is 6.03. The lowest BCUT2D eigenvalue weighted by Crippen LogP contribution is -2.31. The molecule has 5 nitrogen and oxygen atoms in total. The van der Waals surface area contributed by atoms with Gasteiger partial charge in [-0.1, -0.05) is 47.7 Å². The fourth-order valence-electron chi connectivity index (χ4n) is 3.41. The third-order valence-corrected chi connectivity index (χ3v) is 7.02. The maximum absolute atomic E-state index is 13.5. The van der Waals surface area contributed by atoms with Crippen molar-refractivity contribution in [1.82, 2.24) is 4.57 Å². The molecular weight excluding hydrogens is 420 g/mol. The minimum absolute atomic E-state index is 0.0115. The number of fused-ring (bicyclic) bond motifs is 1. The summed E-state index contributed by atoms with van der Waals surface area (Å²) in [6.45, 7) is 1.90. The Labute approximate surface area is 187 Å². The van der Waals surface area contributed by atoms with Gasteiger partial charge >= 0.3 is 0 Å². The van der Waals surface area contributed by atoms with Crippen LogP contribution in [-0.4, -0.2) is 19.5 Å². The number of rotatable bonds is 4. The maximum atomic E-state index is 13.5. The first-order chi connectivity index (χ1) is 15.4. The van der Waals surface area contributed by atoms with Gasteiger partial charge in [-0.15, -0.1) is 0 Å². The molecule has 0 N–H and O–H groups in total. The van der Waals surface area contributed by atoms with Crippen molar-refractivity contribution in [3.63, 3.8) is 0 Å². The highest BCUT2D eigenvalue weighted by Crippen LogP contribution is 2.27. The molecule has 4 aromatic rings. The van der Waals surface area contributed by atoms with Gasteiger partial charge in [-0.25, -0.2) is 8.42 Å². The molecular formula is C26H22N2O3S. The van der Waals surface area contributed by atoms with Gasteiger partial charge in [-0.2, -0.15) is 0 Å². The SMILES string of the molecule is Cc1ccc(S(=O)(=O)N(CC#Cc2ccccc2)c2ccc3c(ccc(=O)n3C)c2)cc1. The van der Waals surface area contributed by atoms with Crippen molar-refractivity contribution in [2.45, 2.75) is 11.8 Å². The number of benzene rings is 3. The molecule has 0 unspecified atom stereocenters. The molecule has 0 radical (unpaired) electrons. The third kappa shape index (κ3) is 4.29. The van der Waals surface area contributed by atoms with Crippen molar-refractivity contribution >= 4 is 26.6 Å². The lowest BCUT2D eigenvalue weighted by molar-refractivity contribution is 0.593. The fraction of sp³-hybridized carbons (Fsp3) is 0.115. The zero-order valence-corrected chi connectivity index (χ0v) is 18.6. The van der Waals surface area contributed by atoms with Gasteiger partial charge in [0, 0.05) is 24.1 Å². The Morgan fingerprint density at radius 1 is 0.906 bits per heavy atom. The summed E-state index contributed by atoms with van der Waals surface area (Å²) in [5, 5.41) is 0.768. The molecule has 1 heterocycles. The van der Waals surface area contributed by atoms with Crippen molar-refractivity contribution in [1.29, 1.82) is 0 Å². The predicted molar refractivity (Wildman–Crippen MR) is 128 cm³/mol. The van der Waals surface area contributed by atoms with E-state index in [2.05, 4.69) is 11.8 Å². The highest BCUT2D eigenvalue weighted by Gasteiger charge is 2.24. The van der Waals surface area contributed by atoms with Crippen molar-refractivity contribution in [2.75, 3.05) is 10.8 Å². The topological polar surface area (TPSA) is 59.4 Å². The first-order valence-corrected chi connectivity index (χ1v) is 11.5. The van der Waals surface area contributed by atoms with Gasteiger partial charge in [-0.05, 0) is 55.5 Å². The van der Waals surface area contributed by atoms with Crippen LogP contribution in [0, 0.1) is 18.8 Å². The van der Waals surface area contributed by atoms with E-state index in [4.69, 9.17) is 0 Å². The molecule has 0 atom stereocenters. The lowest BCUT2D eigenvalue weighted by atomic mass is 10.2. The number of hydrogen-bond acceptors (Lipinski definition) is 3. The van der Waals surface area contributed by atoms with E-state index in [1.165, 1.54) is 14.9 Å². The van der Waals surface area contributed by atoms with E-state index in [-0.39, 0.29) is 17.0 Å². The Morgan fingerprint density at radius 3 is 2.34 bits per heavy atom. The van der Waals surface area contributed by atoms with Crippen molar-refractivity contribution in [2.24, 2.45) is 7.05 Å². The Morgan fingerprint density at radius 2 is 1.62 bits per heavy atom. The molecule has 0 aliphatic rings. The number of anilines is 1. The van der Waals surface area contributed by atoms with Crippen LogP contribution in [0.2, 0.25) is 0 Å². The van der Waals surface area contributed by atoms with Crippen LogP contribution in [0.3, 0.4) is 0 Å². The molecule has 0 spiro atoms. The van der Waals surface area contributed by atoms with Gasteiger partial charge in [0.1, 0.15) is 0 Å². The predicted octanol–water partition coefficient (Wildman–Crippen LogP) is 4.09. The van der Waals surface area contributed by atoms with E-state index in [0.29, 0.717) is 5.69 Å². The Hall–Kier alpha value is -3.82. The number of pyridine rings is 1. The second kappa shape index (κ2) is 8.74. The summed E-state index contributed by atoms with van der Waals surface area (Å²) in [4.78, 5) is 12.1. The molecule has 0 aliphatic carbocycles. The Kier molecular flexibility index (Phi) is 5.85. The summed E-state index contributed by atoms with van der Waals surface area (Å²) in [6, 6.07) is 24.6. The van der Waals surface area contributed by atoms with Crippen molar-refractivity contribution in [3.05, 3.63) is 106 Å². The number of sulfonamides is 1. The zero-order valence-electron chi connectivity index (χ0n) is 17.8. The maximum Gasteiger partial charge on any atom is 0.265 e. The van der Waals surface area contributed by atoms with E-state index in [1.54, 1.807) is 55.6 Å². The highest BCUT2D eigenvalue weighted by molar-refractivity contribution is 7.92. The van der Waals surface area contributed by atoms with Gasteiger partial charge in [0.05, 0.1) is 22.6 Å². The first-order valence-electron chi connectivity index (χ1n) is 10.1. The van der Waals surface area contributed by atoms with Crippen LogP contribution in [0.25, 0.3) is 10.9 Å². The van der Waals surface area contributed by atoms with E-state index in [1.807, 2.05) is 37.3 Å². The van der Waals surface area contributed by atoms with Crippen molar-refractivity contribution in [3.8, 4) is 11.8 Å². The van der Waals surface area contributed by atoms with Crippen LogP contribution in [-0.2, 0) is 17.1 Å². The second-order valence-electron chi connectivity index (χ2n) is 7.47. The number of aryl methyl sites for hydroxylation is 2. The van der Waals surface area contributed by atoms with Gasteiger partial charge in [-0.3, -0.25) is 9.10 Å². The summed E-state index contributed by atoms with van der Waals surface area (Å²) in [7, 11) is -2.16. The number of nitrogens with zero attached hydrogens (tertiary/aromatic N) is 2. The van der Waals surface area contributed by atoms with Gasteiger partial charge < -0.3 is 4.57 Å². The molecule has 0 amide bonds. The lowest BCUT2D eigenvalue weighted by Gasteiger charge is -2.23. The fourth-order valence-corrected chi connectivity index (χ4v) is 4.78. The molecule has 0 saturated carbocycles. The molecule has 3 aromatic carbocycles. The van der Waals surface area contributed by atoms with Gasteiger partial charge in [0.15, 0.2) is 0 Å². The van der Waals surface area contributed by atoms with Crippen LogP contribution in [0.5, 0.6) is 0 Å². The van der Waals surface area contributed by atoms with Crippen LogP contribution in [0.1, 0.15) is 11.1 Å². The van der Waals surface area contributed by atoms with E-state index < -0.39 is 10.0 Å². The summed E-state index contributed by atoms with van der Waals surface area (Å²) in [6.07, 6.45) is 0. The molecule has 1 aromatic heterocycles. The smallest absolute Gasteiger partial charge is 0.265 e. The summed E-state index contributed by atoms with van der Waals surface area (Å²) < 4.78 is 29.9. The Bertz CT molecular complexity index is 1490. The molecule has 0 saturated heterocycles. The standard InChI is InChI=1S/C26H22N2O3S/c1-20-10-14-24(15-11-20)32(30,31)28(18-6-9-21-7-4-3-5-8-21)23-13-16-25-22(19-23)12-17-26(29)27(25)2/h3-5,7-8,10-17,19H,18H2,1-2H3. The van der Waals surface area contributed by atoms with Crippen LogP contribution < -0.4 is 9.86 Å². The van der Waals surface area contributed by atoms with E-state index >= 15 is 0 Å². The third-order valence-electron chi connectivity index (χ3n) is 5.23. The molecule has 0 fully saturated rings. The van der Waals surface area contributed by atoms with Crippen LogP contribution in [0.4, 0.5) is 5.69 Å². The average molecular weight is 443 g/mol. The molecule has 0 bridgehead atoms. The summed E-state index contributed by atoms with van der Waals surface area (Å²) >= 11 is 0. The largest absolute Gasteiger partial charge is 0.311 e. The monoisotopic (exact) mass is 442 g/mol. The van der Waals surface area contributed by atoms with Gasteiger partial charge in [0.25, 0.3) is 15.6 Å². The van der Waals surface area contributed by atoms with Gasteiger partial charge in [0.2, 0.25) is 0 Å². The average Bonchev–Trinajstić information content (AvgIpc) is 2.80. The summed E-state index contributed by atoms with van der Waals surface area (Å²) in [5.41, 5.74) is 2.88. The quantitative estimate of drug-likeness (QED) is 0.447. The normalized spacial score (nSPS) is 11.1. The van der Waals surface area contributed by atoms with Crippen LogP contribution >= 0.6 is 0 Å². The minimum atomic E-state index is -3.85. The number of hydrogen-bond donors (Lipinski definition) is 0. The van der Waals surface area contributed by atoms with Crippen LogP contribution in [0.15, 0.2) is 94.6 Å². The second-order valence-corrected chi connectivity index (χ2v) is 9.33. The van der Waals surface area contributed by atoms with E-state index in [9.17, 15) is 13.2 Å². The minimum Gasteiger partial charge on any atom is -0.311 e. The zero-order chi connectivity index (χ0) is 22.7. The first kappa shape index (κ1) is 21.4. The molecule has 6 heteroatoms. The van der Waals surface area contributed by atoms with E-state index in [0.717, 1.165) is 22.0 Å². The molecule has 0 aliphatic heterocycles. The highest BCUT2D eigenvalue weighted by atomic mass is 32.2. The Balaban J connectivity index is 1.81. The molecule has 4 rings (SSSR count). The molecule has 160 valence electrons.